The molecule has 4 aliphatic heterocycles. The van der Waals surface area contributed by atoms with E-state index in [0.29, 0.717) is 25.0 Å². The van der Waals surface area contributed by atoms with Gasteiger partial charge in [0.25, 0.3) is 0 Å². The summed E-state index contributed by atoms with van der Waals surface area (Å²) in [6.45, 7) is 26.1. The fourth-order valence-electron chi connectivity index (χ4n) is 10.4. The molecule has 10 rings (SSSR count). The Balaban J connectivity index is 0.000000183. The molecule has 4 saturated heterocycles. The molecular weight excluding hydrogens is 1000 g/mol. The quantitative estimate of drug-likeness (QED) is 0.124. The zero-order valence-corrected chi connectivity index (χ0v) is 48.3. The van der Waals surface area contributed by atoms with Gasteiger partial charge in [-0.25, -0.2) is 14.3 Å². The molecule has 6 aromatic rings. The predicted octanol–water partition coefficient (Wildman–Crippen LogP) is 9.07. The van der Waals surface area contributed by atoms with Crippen LogP contribution in [0.4, 0.5) is 9.59 Å². The zero-order valence-electron chi connectivity index (χ0n) is 48.3. The largest absolute Gasteiger partial charge is 0.497 e. The molecule has 1 unspecified atom stereocenters. The van der Waals surface area contributed by atoms with Gasteiger partial charge in [-0.15, -0.1) is 5.10 Å². The fraction of sp³-hybridized carbons (Fsp3) is 0.550. The summed E-state index contributed by atoms with van der Waals surface area (Å²) in [6, 6.07) is 33.0. The number of hydrogen-bond donors (Lipinski definition) is 2. The van der Waals surface area contributed by atoms with Gasteiger partial charge in [0.1, 0.15) is 51.7 Å². The molecule has 0 spiro atoms. The molecule has 4 aliphatic rings. The summed E-state index contributed by atoms with van der Waals surface area (Å²) in [5.74, 6) is 2.49. The van der Waals surface area contributed by atoms with Crippen LogP contribution in [0.3, 0.4) is 0 Å². The van der Waals surface area contributed by atoms with Crippen LogP contribution in [0.5, 0.6) is 11.5 Å². The second-order valence-corrected chi connectivity index (χ2v) is 23.1. The number of nitrogens with one attached hydrogen (secondary N) is 2. The highest BCUT2D eigenvalue weighted by atomic mass is 16.6. The number of methoxy groups -OCH3 is 2. The van der Waals surface area contributed by atoms with E-state index in [1.165, 1.54) is 11.1 Å². The molecule has 0 bridgehead atoms. The summed E-state index contributed by atoms with van der Waals surface area (Å²) in [6.07, 6.45) is 4.90. The number of rotatable bonds is 10. The lowest BCUT2D eigenvalue weighted by Crippen LogP contribution is -2.57. The van der Waals surface area contributed by atoms with Crippen molar-refractivity contribution in [3.8, 4) is 11.5 Å². The lowest BCUT2D eigenvalue weighted by Gasteiger charge is -2.47. The van der Waals surface area contributed by atoms with Gasteiger partial charge in [-0.1, -0.05) is 53.7 Å². The van der Waals surface area contributed by atoms with E-state index in [4.69, 9.17) is 18.9 Å². The van der Waals surface area contributed by atoms with Gasteiger partial charge < -0.3 is 38.9 Å². The number of likely N-dealkylation sites (tertiary alicyclic amines) is 2. The molecule has 0 radical (unpaired) electrons. The van der Waals surface area contributed by atoms with Crippen molar-refractivity contribution in [1.29, 1.82) is 0 Å². The molecule has 0 aliphatic carbocycles. The molecule has 0 saturated carbocycles. The normalized spacial score (nSPS) is 19.4. The van der Waals surface area contributed by atoms with Gasteiger partial charge in [-0.05, 0) is 173 Å². The Morgan fingerprint density at radius 1 is 0.633 bits per heavy atom. The summed E-state index contributed by atoms with van der Waals surface area (Å²) in [4.78, 5) is 46.2. The number of carbonyl (C=O) groups excluding carboxylic acids is 3. The predicted molar refractivity (Wildman–Crippen MR) is 308 cm³/mol. The second kappa shape index (κ2) is 28.5. The van der Waals surface area contributed by atoms with Crippen molar-refractivity contribution in [2.75, 3.05) is 79.7 Å². The zero-order chi connectivity index (χ0) is 56.5. The van der Waals surface area contributed by atoms with Crippen LogP contribution >= 0.6 is 0 Å². The lowest BCUT2D eigenvalue weighted by atomic mass is 9.91. The molecule has 79 heavy (non-hydrogen) atoms. The molecule has 4 aromatic carbocycles. The van der Waals surface area contributed by atoms with Crippen molar-refractivity contribution in [2.45, 2.75) is 124 Å². The van der Waals surface area contributed by atoms with Crippen molar-refractivity contribution >= 4 is 40.5 Å². The average Bonchev–Trinajstić information content (AvgIpc) is 4.27. The van der Waals surface area contributed by atoms with Crippen LogP contribution in [0.25, 0.3) is 22.1 Å². The molecule has 19 nitrogen and oxygen atoms in total. The number of fused-ring (bicyclic) bond motifs is 2. The van der Waals surface area contributed by atoms with Crippen LogP contribution in [0.2, 0.25) is 0 Å². The third kappa shape index (κ3) is 18.2. The second-order valence-electron chi connectivity index (χ2n) is 23.1. The molecule has 4 fully saturated rings. The minimum Gasteiger partial charge on any atom is -0.497 e. The lowest BCUT2D eigenvalue weighted by molar-refractivity contribution is -0.112. The Morgan fingerprint density at radius 3 is 1.61 bits per heavy atom. The number of hydrogen-bond acceptors (Lipinski definition) is 15. The number of nitrogens with zero attached hydrogens (tertiary/aromatic N) is 10. The maximum absolute atomic E-state index is 12.8. The number of para-hydroxylation sites is 3. The first-order chi connectivity index (χ1) is 37.9. The first kappa shape index (κ1) is 60.0. The number of benzene rings is 4. The molecule has 2 aromatic heterocycles. The molecule has 2 N–H and O–H groups in total. The van der Waals surface area contributed by atoms with E-state index in [-0.39, 0.29) is 30.3 Å². The van der Waals surface area contributed by atoms with E-state index in [1.807, 2.05) is 107 Å². The van der Waals surface area contributed by atoms with Gasteiger partial charge in [0.05, 0.1) is 19.7 Å². The Morgan fingerprint density at radius 2 is 1.13 bits per heavy atom. The number of aromatic amines is 1. The fourth-order valence-corrected chi connectivity index (χ4v) is 10.4. The van der Waals surface area contributed by atoms with Crippen molar-refractivity contribution in [3.63, 3.8) is 0 Å². The van der Waals surface area contributed by atoms with Crippen molar-refractivity contribution < 1.29 is 33.3 Å². The van der Waals surface area contributed by atoms with Crippen LogP contribution < -0.4 is 14.8 Å². The highest BCUT2D eigenvalue weighted by molar-refractivity contribution is 5.74. The molecule has 428 valence electrons. The number of H-pyrrole nitrogens is 1. The Hall–Kier alpha value is -6.67. The Labute approximate surface area is 467 Å². The monoisotopic (exact) mass is 1090 g/mol. The van der Waals surface area contributed by atoms with Gasteiger partial charge in [0.2, 0.25) is 0 Å². The summed E-state index contributed by atoms with van der Waals surface area (Å²) >= 11 is 0. The standard InChI is InChI=1S/C30H42N6O3.C14H19NO2.C10H20N2O2.C6H5N3/c1-22-20-34(29(37)39-30(2,3)4)18-19-35(22)28(36-27-9-7-6-8-26(27)31-32-36)24-14-16-33(17-15-24)21-23-10-12-25(38-5)13-11-23;1-17-14-4-2-12(3-5-14)10-15-8-6-13(11-16)7-9-15;1-8-7-12(6-5-11-8)9(13)14-10(2,3)4;1-2-4-6-5(3-1)7-9-8-6/h6-13,22,24,28H,14-21H2,1-5H3;2-5,11,13H,6-10H2,1H3;8,11H,5-7H2,1-4H3;1-4H,(H,7,8,9)/t22-,28?;;8-;/m0.0./s1. The van der Waals surface area contributed by atoms with Crippen molar-refractivity contribution in [3.05, 3.63) is 108 Å². The topological polar surface area (TPSA) is 189 Å². The first-order valence-corrected chi connectivity index (χ1v) is 28.0. The van der Waals surface area contributed by atoms with Crippen molar-refractivity contribution in [1.82, 2.24) is 60.2 Å². The Kier molecular flexibility index (Phi) is 21.6. The first-order valence-electron chi connectivity index (χ1n) is 28.0. The smallest absolute Gasteiger partial charge is 0.410 e. The summed E-state index contributed by atoms with van der Waals surface area (Å²) in [5.41, 5.74) is 5.51. The highest BCUT2D eigenvalue weighted by Gasteiger charge is 2.40. The van der Waals surface area contributed by atoms with Crippen LogP contribution in [-0.4, -0.2) is 176 Å². The van der Waals surface area contributed by atoms with Crippen LogP contribution in [-0.2, 0) is 27.4 Å². The van der Waals surface area contributed by atoms with Crippen LogP contribution in [0.1, 0.15) is 98.4 Å². The summed E-state index contributed by atoms with van der Waals surface area (Å²) in [5, 5.41) is 22.8. The summed E-state index contributed by atoms with van der Waals surface area (Å²) in [7, 11) is 3.38. The number of carbonyl (C=O) groups is 3. The molecule has 6 heterocycles. The Bertz CT molecular complexity index is 2770. The molecule has 3 atom stereocenters. The third-order valence-corrected chi connectivity index (χ3v) is 14.6. The van der Waals surface area contributed by atoms with E-state index in [2.05, 4.69) is 101 Å². The maximum atomic E-state index is 12.8. The minimum atomic E-state index is -0.501. The maximum Gasteiger partial charge on any atom is 0.410 e. The molecular formula is C60H86N12O7. The number of piperidine rings is 2. The molecule has 19 heteroatoms. The highest BCUT2D eigenvalue weighted by Crippen LogP contribution is 2.36. The van der Waals surface area contributed by atoms with E-state index >= 15 is 0 Å². The van der Waals surface area contributed by atoms with Gasteiger partial charge in [-0.2, -0.15) is 15.4 Å². The third-order valence-electron chi connectivity index (χ3n) is 14.6. The number of aromatic nitrogens is 6. The minimum absolute atomic E-state index is 0.0799. The average molecular weight is 1090 g/mol. The van der Waals surface area contributed by atoms with Gasteiger partial charge >= 0.3 is 12.2 Å². The van der Waals surface area contributed by atoms with Crippen LogP contribution in [0.15, 0.2) is 97.1 Å². The van der Waals surface area contributed by atoms with E-state index in [0.717, 1.165) is 131 Å². The number of piperazine rings is 2. The summed E-state index contributed by atoms with van der Waals surface area (Å²) < 4.78 is 23.5. The number of aldehydes is 1. The SMILES string of the molecule is COc1ccc(CN2CCC(C(N3CCN(C(=O)OC(C)(C)C)C[C@@H]3C)n3nnc4ccccc43)CC2)cc1.COc1ccc(CN2CCC(C=O)CC2)cc1.C[C@H]1CN(C(=O)OC(C)(C)C)CCN1.c1ccc2n[nH]nc2c1. The number of ether oxygens (including phenoxy) is 4. The van der Waals surface area contributed by atoms with E-state index in [9.17, 15) is 14.4 Å². The van der Waals surface area contributed by atoms with E-state index in [1.54, 1.807) is 19.1 Å². The van der Waals surface area contributed by atoms with E-state index < -0.39 is 11.2 Å². The molecule has 2 amide bonds. The van der Waals surface area contributed by atoms with Gasteiger partial charge in [-0.3, -0.25) is 14.7 Å². The van der Waals surface area contributed by atoms with Crippen LogP contribution in [0, 0.1) is 11.8 Å². The van der Waals surface area contributed by atoms with Gasteiger partial charge in [0.15, 0.2) is 0 Å². The van der Waals surface area contributed by atoms with Crippen molar-refractivity contribution in [2.24, 2.45) is 11.8 Å². The number of amides is 2. The van der Waals surface area contributed by atoms with Gasteiger partial charge in [0, 0.05) is 70.4 Å².